The Hall–Kier alpha value is -1.32. The predicted octanol–water partition coefficient (Wildman–Crippen LogP) is 2.89. The lowest BCUT2D eigenvalue weighted by Crippen LogP contribution is -1.97. The highest BCUT2D eigenvalue weighted by molar-refractivity contribution is 5.50. The summed E-state index contributed by atoms with van der Waals surface area (Å²) in [5.41, 5.74) is -0.441. The van der Waals surface area contributed by atoms with Gasteiger partial charge < -0.3 is 4.79 Å². The van der Waals surface area contributed by atoms with Gasteiger partial charge in [0.15, 0.2) is 0 Å². The number of halogens is 3. The van der Waals surface area contributed by atoms with Crippen LogP contribution in [0.1, 0.15) is 24.0 Å². The first-order chi connectivity index (χ1) is 6.66. The fourth-order valence-corrected chi connectivity index (χ4v) is 1.18. The molecule has 1 aromatic rings. The van der Waals surface area contributed by atoms with Gasteiger partial charge in [-0.3, -0.25) is 0 Å². The zero-order chi connectivity index (χ0) is 10.6. The first-order valence-electron chi connectivity index (χ1n) is 4.16. The molecule has 0 aliphatic carbocycles. The molecule has 0 unspecified atom stereocenters. The van der Waals surface area contributed by atoms with Crippen molar-refractivity contribution in [2.75, 3.05) is 0 Å². The second-order valence-corrected chi connectivity index (χ2v) is 2.83. The molecule has 1 nitrogen and oxygen atoms in total. The fourth-order valence-electron chi connectivity index (χ4n) is 1.18. The summed E-state index contributed by atoms with van der Waals surface area (Å²) in [6.07, 6.45) is -1.88. The summed E-state index contributed by atoms with van der Waals surface area (Å²) in [7, 11) is 0. The molecule has 76 valence electrons. The molecule has 0 N–H and O–H groups in total. The SMILES string of the molecule is O=CCCc1cccc(C(F)F)c1F. The molecular weight excluding hydrogens is 193 g/mol. The van der Waals surface area contributed by atoms with E-state index in [4.69, 9.17) is 0 Å². The van der Waals surface area contributed by atoms with Gasteiger partial charge in [0.1, 0.15) is 12.1 Å². The van der Waals surface area contributed by atoms with Crippen molar-refractivity contribution in [3.63, 3.8) is 0 Å². The summed E-state index contributed by atoms with van der Waals surface area (Å²) in [6, 6.07) is 3.82. The molecule has 0 saturated carbocycles. The number of benzene rings is 1. The van der Waals surface area contributed by atoms with Crippen molar-refractivity contribution in [2.24, 2.45) is 0 Å². The van der Waals surface area contributed by atoms with E-state index in [1.807, 2.05) is 0 Å². The number of alkyl halides is 2. The zero-order valence-corrected chi connectivity index (χ0v) is 7.34. The number of aryl methyl sites for hydroxylation is 1. The lowest BCUT2D eigenvalue weighted by atomic mass is 10.1. The third-order valence-electron chi connectivity index (χ3n) is 1.88. The standard InChI is InChI=1S/C10H9F3O/c11-9-7(4-2-6-14)3-1-5-8(9)10(12)13/h1,3,5-6,10H,2,4H2. The largest absolute Gasteiger partial charge is 0.303 e. The van der Waals surface area contributed by atoms with Crippen LogP contribution in [0.25, 0.3) is 0 Å². The van der Waals surface area contributed by atoms with Gasteiger partial charge in [-0.15, -0.1) is 0 Å². The van der Waals surface area contributed by atoms with Gasteiger partial charge in [0, 0.05) is 6.42 Å². The van der Waals surface area contributed by atoms with Crippen LogP contribution in [0.2, 0.25) is 0 Å². The number of hydrogen-bond donors (Lipinski definition) is 0. The van der Waals surface area contributed by atoms with E-state index in [-0.39, 0.29) is 18.4 Å². The molecule has 0 radical (unpaired) electrons. The van der Waals surface area contributed by atoms with Crippen molar-refractivity contribution >= 4 is 6.29 Å². The molecule has 0 spiro atoms. The van der Waals surface area contributed by atoms with E-state index in [9.17, 15) is 18.0 Å². The highest BCUT2D eigenvalue weighted by Gasteiger charge is 2.15. The summed E-state index contributed by atoms with van der Waals surface area (Å²) in [5, 5.41) is 0. The highest BCUT2D eigenvalue weighted by atomic mass is 19.3. The molecule has 0 atom stereocenters. The molecule has 14 heavy (non-hydrogen) atoms. The Bertz CT molecular complexity index is 323. The molecule has 0 bridgehead atoms. The first kappa shape index (κ1) is 10.8. The normalized spacial score (nSPS) is 10.6. The molecule has 0 saturated heterocycles. The van der Waals surface area contributed by atoms with Gasteiger partial charge in [0.05, 0.1) is 5.56 Å². The number of carbonyl (C=O) groups excluding carboxylic acids is 1. The minimum atomic E-state index is -2.81. The third kappa shape index (κ3) is 2.34. The summed E-state index contributed by atoms with van der Waals surface area (Å²) >= 11 is 0. The Balaban J connectivity index is 2.95. The molecule has 4 heteroatoms. The van der Waals surface area contributed by atoms with Crippen LogP contribution in [0.5, 0.6) is 0 Å². The van der Waals surface area contributed by atoms with Gasteiger partial charge in [-0.25, -0.2) is 13.2 Å². The van der Waals surface area contributed by atoms with E-state index in [0.717, 1.165) is 6.07 Å². The monoisotopic (exact) mass is 202 g/mol. The molecule has 0 aliphatic heterocycles. The van der Waals surface area contributed by atoms with Gasteiger partial charge in [-0.1, -0.05) is 18.2 Å². The predicted molar refractivity (Wildman–Crippen MR) is 45.7 cm³/mol. The number of rotatable bonds is 4. The first-order valence-corrected chi connectivity index (χ1v) is 4.16. The minimum Gasteiger partial charge on any atom is -0.303 e. The summed E-state index contributed by atoms with van der Waals surface area (Å²) in [6.45, 7) is 0. The molecule has 0 aromatic heterocycles. The van der Waals surface area contributed by atoms with Crippen LogP contribution in [-0.4, -0.2) is 6.29 Å². The molecule has 0 amide bonds. The Morgan fingerprint density at radius 1 is 1.36 bits per heavy atom. The Labute approximate surface area is 79.5 Å². The third-order valence-corrected chi connectivity index (χ3v) is 1.88. The van der Waals surface area contributed by atoms with Crippen LogP contribution >= 0.6 is 0 Å². The zero-order valence-electron chi connectivity index (χ0n) is 7.34. The van der Waals surface area contributed by atoms with Crippen LogP contribution in [0.4, 0.5) is 13.2 Å². The smallest absolute Gasteiger partial charge is 0.266 e. The second-order valence-electron chi connectivity index (χ2n) is 2.83. The maximum Gasteiger partial charge on any atom is 0.266 e. The number of hydrogen-bond acceptors (Lipinski definition) is 1. The van der Waals surface area contributed by atoms with Crippen molar-refractivity contribution in [2.45, 2.75) is 19.3 Å². The van der Waals surface area contributed by atoms with E-state index >= 15 is 0 Å². The number of carbonyl (C=O) groups is 1. The van der Waals surface area contributed by atoms with Crippen LogP contribution in [-0.2, 0) is 11.2 Å². The average Bonchev–Trinajstić information content (AvgIpc) is 2.16. The Morgan fingerprint density at radius 3 is 2.64 bits per heavy atom. The van der Waals surface area contributed by atoms with Gasteiger partial charge >= 0.3 is 0 Å². The van der Waals surface area contributed by atoms with E-state index in [0.29, 0.717) is 6.29 Å². The van der Waals surface area contributed by atoms with E-state index in [1.54, 1.807) is 0 Å². The maximum atomic E-state index is 13.3. The Morgan fingerprint density at radius 2 is 2.07 bits per heavy atom. The second kappa shape index (κ2) is 4.79. The van der Waals surface area contributed by atoms with Gasteiger partial charge in [0.2, 0.25) is 0 Å². The fraction of sp³-hybridized carbons (Fsp3) is 0.300. The van der Waals surface area contributed by atoms with E-state index in [1.165, 1.54) is 12.1 Å². The van der Waals surface area contributed by atoms with Crippen LogP contribution < -0.4 is 0 Å². The van der Waals surface area contributed by atoms with Gasteiger partial charge in [-0.05, 0) is 12.0 Å². The summed E-state index contributed by atoms with van der Waals surface area (Å²) in [4.78, 5) is 10.0. The maximum absolute atomic E-state index is 13.3. The van der Waals surface area contributed by atoms with Crippen molar-refractivity contribution < 1.29 is 18.0 Å². The van der Waals surface area contributed by atoms with Crippen LogP contribution in [0.3, 0.4) is 0 Å². The summed E-state index contributed by atoms with van der Waals surface area (Å²) < 4.78 is 37.7. The van der Waals surface area contributed by atoms with Crippen molar-refractivity contribution in [3.8, 4) is 0 Å². The van der Waals surface area contributed by atoms with E-state index in [2.05, 4.69) is 0 Å². The van der Waals surface area contributed by atoms with Crippen molar-refractivity contribution in [3.05, 3.63) is 35.1 Å². The van der Waals surface area contributed by atoms with Crippen LogP contribution in [0.15, 0.2) is 18.2 Å². The van der Waals surface area contributed by atoms with Crippen molar-refractivity contribution in [1.29, 1.82) is 0 Å². The lowest BCUT2D eigenvalue weighted by molar-refractivity contribution is -0.107. The lowest BCUT2D eigenvalue weighted by Gasteiger charge is -2.05. The molecule has 1 aromatic carbocycles. The summed E-state index contributed by atoms with van der Waals surface area (Å²) in [5.74, 6) is -0.899. The van der Waals surface area contributed by atoms with Crippen LogP contribution in [0, 0.1) is 5.82 Å². The number of aldehydes is 1. The molecule has 1 rings (SSSR count). The Kier molecular flexibility index (Phi) is 3.68. The molecule has 0 heterocycles. The highest BCUT2D eigenvalue weighted by Crippen LogP contribution is 2.24. The van der Waals surface area contributed by atoms with Gasteiger partial charge in [-0.2, -0.15) is 0 Å². The average molecular weight is 202 g/mol. The van der Waals surface area contributed by atoms with E-state index < -0.39 is 17.8 Å². The quantitative estimate of drug-likeness (QED) is 0.686. The topological polar surface area (TPSA) is 17.1 Å². The minimum absolute atomic E-state index is 0.142. The van der Waals surface area contributed by atoms with Gasteiger partial charge in [0.25, 0.3) is 6.43 Å². The molecule has 0 fully saturated rings. The van der Waals surface area contributed by atoms with Crippen molar-refractivity contribution in [1.82, 2.24) is 0 Å². The molecular formula is C10H9F3O. The molecule has 0 aliphatic rings.